The molecule has 0 unspecified atom stereocenters. The Bertz CT molecular complexity index is 1470. The first-order chi connectivity index (χ1) is 19.3. The third kappa shape index (κ3) is 9.29. The van der Waals surface area contributed by atoms with Crippen molar-refractivity contribution in [3.8, 4) is 0 Å². The van der Waals surface area contributed by atoms with E-state index in [9.17, 15) is 28.1 Å². The minimum atomic E-state index is -4.05. The van der Waals surface area contributed by atoms with Gasteiger partial charge in [-0.3, -0.25) is 24.0 Å². The summed E-state index contributed by atoms with van der Waals surface area (Å²) in [6, 6.07) is 20.0. The number of nitro benzene ring substituents is 1. The Morgan fingerprint density at radius 2 is 1.63 bits per heavy atom. The standard InChI is InChI=1S/C29H33ClN4O6S/c1-21(2)18-31-29(36)27(16-22-8-5-4-6-9-22)32(19-23-12-14-24(30)15-13-23)28(35)20-33(41(3,39)40)25-10-7-11-26(17-25)34(37)38/h4-15,17,21,27H,16,18-20H2,1-3H3,(H,31,36)/t27-/m1/s1. The van der Waals surface area contributed by atoms with Crippen molar-refractivity contribution >= 4 is 44.8 Å². The SMILES string of the molecule is CC(C)CNC(=O)[C@@H](Cc1ccccc1)N(Cc1ccc(Cl)cc1)C(=O)CN(c1cccc([N+](=O)[O-])c1)S(C)(=O)=O. The first-order valence-electron chi connectivity index (χ1n) is 12.9. The lowest BCUT2D eigenvalue weighted by Crippen LogP contribution is -2.53. The molecule has 0 aromatic heterocycles. The van der Waals surface area contributed by atoms with Crippen LogP contribution in [0, 0.1) is 16.0 Å². The molecule has 1 N–H and O–H groups in total. The lowest BCUT2D eigenvalue weighted by atomic mass is 10.0. The van der Waals surface area contributed by atoms with Gasteiger partial charge in [-0.1, -0.05) is 74.0 Å². The van der Waals surface area contributed by atoms with Crippen LogP contribution in [0.25, 0.3) is 0 Å². The summed E-state index contributed by atoms with van der Waals surface area (Å²) in [5, 5.41) is 14.7. The summed E-state index contributed by atoms with van der Waals surface area (Å²) in [5.74, 6) is -0.880. The number of non-ortho nitro benzene ring substituents is 1. The molecule has 0 aliphatic rings. The van der Waals surface area contributed by atoms with Gasteiger partial charge in [0.1, 0.15) is 12.6 Å². The Hall–Kier alpha value is -3.96. The molecule has 12 heteroatoms. The maximum atomic E-state index is 14.0. The predicted octanol–water partition coefficient (Wildman–Crippen LogP) is 4.43. The lowest BCUT2D eigenvalue weighted by molar-refractivity contribution is -0.384. The molecule has 41 heavy (non-hydrogen) atoms. The number of amides is 2. The highest BCUT2D eigenvalue weighted by molar-refractivity contribution is 7.92. The molecule has 3 rings (SSSR count). The molecule has 218 valence electrons. The monoisotopic (exact) mass is 600 g/mol. The molecule has 2 amide bonds. The Morgan fingerprint density at radius 3 is 2.22 bits per heavy atom. The number of hydrogen-bond acceptors (Lipinski definition) is 6. The smallest absolute Gasteiger partial charge is 0.271 e. The van der Waals surface area contributed by atoms with Crippen LogP contribution in [0.3, 0.4) is 0 Å². The van der Waals surface area contributed by atoms with E-state index in [2.05, 4.69) is 5.32 Å². The van der Waals surface area contributed by atoms with Crippen molar-refractivity contribution in [2.45, 2.75) is 32.9 Å². The van der Waals surface area contributed by atoms with E-state index < -0.39 is 33.4 Å². The average Bonchev–Trinajstić information content (AvgIpc) is 2.93. The van der Waals surface area contributed by atoms with Crippen LogP contribution in [-0.2, 0) is 32.6 Å². The van der Waals surface area contributed by atoms with Crippen LogP contribution in [0.1, 0.15) is 25.0 Å². The fraction of sp³-hybridized carbons (Fsp3) is 0.310. The third-order valence-electron chi connectivity index (χ3n) is 6.23. The van der Waals surface area contributed by atoms with E-state index in [0.717, 1.165) is 22.2 Å². The Balaban J connectivity index is 2.06. The van der Waals surface area contributed by atoms with Crippen LogP contribution < -0.4 is 9.62 Å². The van der Waals surface area contributed by atoms with Crippen LogP contribution >= 0.6 is 11.6 Å². The molecule has 0 aliphatic heterocycles. The zero-order chi connectivity index (χ0) is 30.2. The second kappa shape index (κ2) is 14.1. The quantitative estimate of drug-likeness (QED) is 0.228. The van der Waals surface area contributed by atoms with Crippen molar-refractivity contribution in [3.63, 3.8) is 0 Å². The number of sulfonamides is 1. The Morgan fingerprint density at radius 1 is 0.976 bits per heavy atom. The highest BCUT2D eigenvalue weighted by atomic mass is 35.5. The van der Waals surface area contributed by atoms with E-state index >= 15 is 0 Å². The number of nitrogens with one attached hydrogen (secondary N) is 1. The lowest BCUT2D eigenvalue weighted by Gasteiger charge is -2.33. The van der Waals surface area contributed by atoms with Crippen molar-refractivity contribution in [2.75, 3.05) is 23.7 Å². The predicted molar refractivity (Wildman–Crippen MR) is 159 cm³/mol. The molecular weight excluding hydrogens is 568 g/mol. The molecule has 3 aromatic rings. The summed E-state index contributed by atoms with van der Waals surface area (Å²) < 4.78 is 26.5. The zero-order valence-corrected chi connectivity index (χ0v) is 24.6. The first-order valence-corrected chi connectivity index (χ1v) is 15.2. The largest absolute Gasteiger partial charge is 0.354 e. The normalized spacial score (nSPS) is 12.0. The van der Waals surface area contributed by atoms with E-state index in [0.29, 0.717) is 17.1 Å². The summed E-state index contributed by atoms with van der Waals surface area (Å²) in [6.45, 7) is 3.61. The molecule has 10 nitrogen and oxygen atoms in total. The third-order valence-corrected chi connectivity index (χ3v) is 7.62. The fourth-order valence-corrected chi connectivity index (χ4v) is 5.11. The van der Waals surface area contributed by atoms with Gasteiger partial charge in [-0.25, -0.2) is 8.42 Å². The van der Waals surface area contributed by atoms with Crippen molar-refractivity contribution in [1.82, 2.24) is 10.2 Å². The second-order valence-corrected chi connectivity index (χ2v) is 12.4. The minimum Gasteiger partial charge on any atom is -0.354 e. The summed E-state index contributed by atoms with van der Waals surface area (Å²) in [4.78, 5) is 39.6. The molecule has 0 bridgehead atoms. The topological polar surface area (TPSA) is 130 Å². The molecule has 0 fully saturated rings. The molecule has 0 heterocycles. The molecule has 0 saturated heterocycles. The molecular formula is C29H33ClN4O6S. The molecule has 3 aromatic carbocycles. The van der Waals surface area contributed by atoms with Crippen molar-refractivity contribution in [3.05, 3.63) is 105 Å². The number of carbonyl (C=O) groups excluding carboxylic acids is 2. The van der Waals surface area contributed by atoms with E-state index in [4.69, 9.17) is 11.6 Å². The van der Waals surface area contributed by atoms with Gasteiger partial charge in [-0.2, -0.15) is 0 Å². The number of hydrogen-bond donors (Lipinski definition) is 1. The van der Waals surface area contributed by atoms with Gasteiger partial charge in [-0.05, 0) is 35.2 Å². The number of nitrogens with zero attached hydrogens (tertiary/aromatic N) is 3. The van der Waals surface area contributed by atoms with E-state index in [1.54, 1.807) is 24.3 Å². The van der Waals surface area contributed by atoms with Crippen LogP contribution in [0.2, 0.25) is 5.02 Å². The van der Waals surface area contributed by atoms with Gasteiger partial charge < -0.3 is 10.2 Å². The Labute approximate surface area is 245 Å². The van der Waals surface area contributed by atoms with Gasteiger partial charge >= 0.3 is 0 Å². The van der Waals surface area contributed by atoms with Gasteiger partial charge in [0.25, 0.3) is 5.69 Å². The van der Waals surface area contributed by atoms with Crippen LogP contribution in [0.5, 0.6) is 0 Å². The highest BCUT2D eigenvalue weighted by Crippen LogP contribution is 2.24. The number of halogens is 1. The summed E-state index contributed by atoms with van der Waals surface area (Å²) in [6.07, 6.45) is 1.10. The van der Waals surface area contributed by atoms with Gasteiger partial charge in [-0.15, -0.1) is 0 Å². The van der Waals surface area contributed by atoms with E-state index in [1.165, 1.54) is 23.1 Å². The van der Waals surface area contributed by atoms with Gasteiger partial charge in [0.05, 0.1) is 16.9 Å². The van der Waals surface area contributed by atoms with Crippen LogP contribution in [-0.4, -0.2) is 55.4 Å². The molecule has 0 saturated carbocycles. The summed E-state index contributed by atoms with van der Waals surface area (Å²) >= 11 is 6.06. The number of nitro groups is 1. The number of anilines is 1. The minimum absolute atomic E-state index is 0.00482. The van der Waals surface area contributed by atoms with Crippen molar-refractivity contribution in [2.24, 2.45) is 5.92 Å². The maximum absolute atomic E-state index is 14.0. The Kier molecular flexibility index (Phi) is 10.8. The molecule has 0 radical (unpaired) electrons. The van der Waals surface area contributed by atoms with Gasteiger partial charge in [0.15, 0.2) is 0 Å². The van der Waals surface area contributed by atoms with Crippen LogP contribution in [0.15, 0.2) is 78.9 Å². The van der Waals surface area contributed by atoms with E-state index in [-0.39, 0.29) is 36.2 Å². The average molecular weight is 601 g/mol. The van der Waals surface area contributed by atoms with E-state index in [1.807, 2.05) is 44.2 Å². The second-order valence-electron chi connectivity index (χ2n) is 10.0. The molecule has 0 aliphatic carbocycles. The molecule has 1 atom stereocenters. The molecule has 0 spiro atoms. The summed E-state index contributed by atoms with van der Waals surface area (Å²) in [7, 11) is -4.05. The van der Waals surface area contributed by atoms with Crippen molar-refractivity contribution in [1.29, 1.82) is 0 Å². The highest BCUT2D eigenvalue weighted by Gasteiger charge is 2.33. The number of benzene rings is 3. The van der Waals surface area contributed by atoms with Crippen LogP contribution in [0.4, 0.5) is 11.4 Å². The fourth-order valence-electron chi connectivity index (χ4n) is 4.14. The van der Waals surface area contributed by atoms with Crippen molar-refractivity contribution < 1.29 is 22.9 Å². The number of rotatable bonds is 13. The summed E-state index contributed by atoms with van der Waals surface area (Å²) in [5.41, 5.74) is 1.13. The van der Waals surface area contributed by atoms with Gasteiger partial charge in [0, 0.05) is 36.7 Å². The zero-order valence-electron chi connectivity index (χ0n) is 23.1. The maximum Gasteiger partial charge on any atom is 0.271 e. The number of carbonyl (C=O) groups is 2. The first kappa shape index (κ1) is 31.6. The van der Waals surface area contributed by atoms with Gasteiger partial charge in [0.2, 0.25) is 21.8 Å².